The van der Waals surface area contributed by atoms with Crippen LogP contribution in [0.2, 0.25) is 0 Å². The average molecular weight is 238 g/mol. The Morgan fingerprint density at radius 1 is 1.35 bits per heavy atom. The molecule has 17 heavy (non-hydrogen) atoms. The van der Waals surface area contributed by atoms with E-state index in [9.17, 15) is 9.59 Å². The average Bonchev–Trinajstić information content (AvgIpc) is 2.35. The molecular formula is C12H18N2O3. The molecular weight excluding hydrogens is 220 g/mol. The van der Waals surface area contributed by atoms with Crippen molar-refractivity contribution in [2.75, 3.05) is 19.7 Å². The Labute approximate surface area is 101 Å². The van der Waals surface area contributed by atoms with Crippen LogP contribution in [0.3, 0.4) is 0 Å². The molecule has 0 aromatic heterocycles. The lowest BCUT2D eigenvalue weighted by molar-refractivity contribution is -0.141. The molecule has 94 valence electrons. The van der Waals surface area contributed by atoms with Crippen molar-refractivity contribution >= 4 is 12.0 Å². The molecule has 0 aliphatic heterocycles. The molecule has 2 amide bonds. The molecule has 5 heteroatoms. The summed E-state index contributed by atoms with van der Waals surface area (Å²) in [4.78, 5) is 22.3. The van der Waals surface area contributed by atoms with Crippen molar-refractivity contribution in [3.63, 3.8) is 0 Å². The van der Waals surface area contributed by atoms with Gasteiger partial charge in [0.15, 0.2) is 0 Å². The van der Waals surface area contributed by atoms with Crippen LogP contribution in [0.15, 0.2) is 23.8 Å². The molecule has 0 spiro atoms. The summed E-state index contributed by atoms with van der Waals surface area (Å²) in [6, 6.07) is -0.363. The number of urea groups is 1. The number of esters is 1. The van der Waals surface area contributed by atoms with E-state index >= 15 is 0 Å². The highest BCUT2D eigenvalue weighted by Gasteiger charge is 2.05. The fourth-order valence-corrected chi connectivity index (χ4v) is 1.41. The van der Waals surface area contributed by atoms with Crippen molar-refractivity contribution in [2.24, 2.45) is 0 Å². The van der Waals surface area contributed by atoms with E-state index < -0.39 is 5.97 Å². The Hall–Kier alpha value is -1.78. The molecule has 0 bridgehead atoms. The van der Waals surface area contributed by atoms with Gasteiger partial charge in [-0.05, 0) is 25.3 Å². The lowest BCUT2D eigenvalue weighted by Crippen LogP contribution is -2.39. The van der Waals surface area contributed by atoms with E-state index in [1.807, 2.05) is 6.08 Å². The second kappa shape index (κ2) is 7.49. The SMILES string of the molecule is CCOC(=O)CNC(=O)NCC1=CCCC=C1. The number of carbonyl (C=O) groups is 2. The highest BCUT2D eigenvalue weighted by atomic mass is 16.5. The maximum atomic E-state index is 11.3. The van der Waals surface area contributed by atoms with E-state index in [-0.39, 0.29) is 12.6 Å². The number of ether oxygens (including phenoxy) is 1. The number of allylic oxidation sites excluding steroid dienone is 2. The summed E-state index contributed by atoms with van der Waals surface area (Å²) in [7, 11) is 0. The van der Waals surface area contributed by atoms with Gasteiger partial charge in [0, 0.05) is 6.54 Å². The third kappa shape index (κ3) is 5.75. The lowest BCUT2D eigenvalue weighted by Gasteiger charge is -2.09. The van der Waals surface area contributed by atoms with Crippen LogP contribution in [0.4, 0.5) is 4.79 Å². The van der Waals surface area contributed by atoms with Gasteiger partial charge in [-0.3, -0.25) is 4.79 Å². The topological polar surface area (TPSA) is 67.4 Å². The zero-order valence-electron chi connectivity index (χ0n) is 9.99. The molecule has 1 aliphatic rings. The number of carbonyl (C=O) groups excluding carboxylic acids is 2. The molecule has 1 rings (SSSR count). The molecule has 0 saturated heterocycles. The van der Waals surface area contributed by atoms with Crippen LogP contribution in [0.25, 0.3) is 0 Å². The fourth-order valence-electron chi connectivity index (χ4n) is 1.41. The first-order chi connectivity index (χ1) is 8.22. The minimum Gasteiger partial charge on any atom is -0.465 e. The quantitative estimate of drug-likeness (QED) is 0.705. The largest absolute Gasteiger partial charge is 0.465 e. The van der Waals surface area contributed by atoms with Crippen molar-refractivity contribution in [1.82, 2.24) is 10.6 Å². The summed E-state index contributed by atoms with van der Waals surface area (Å²) >= 11 is 0. The Morgan fingerprint density at radius 3 is 2.82 bits per heavy atom. The van der Waals surface area contributed by atoms with Gasteiger partial charge in [0.25, 0.3) is 0 Å². The second-order valence-corrected chi connectivity index (χ2v) is 3.60. The van der Waals surface area contributed by atoms with Crippen LogP contribution in [0, 0.1) is 0 Å². The summed E-state index contributed by atoms with van der Waals surface area (Å²) in [6.07, 6.45) is 8.23. The van der Waals surface area contributed by atoms with E-state index in [1.165, 1.54) is 0 Å². The Kier molecular flexibility index (Phi) is 5.85. The molecule has 0 unspecified atom stereocenters. The lowest BCUT2D eigenvalue weighted by atomic mass is 10.1. The van der Waals surface area contributed by atoms with Gasteiger partial charge in [-0.15, -0.1) is 0 Å². The standard InChI is InChI=1S/C12H18N2O3/c1-2-17-11(15)9-14-12(16)13-8-10-6-4-3-5-7-10/h4,6-7H,2-3,5,8-9H2,1H3,(H2,13,14,16). The predicted molar refractivity (Wildman–Crippen MR) is 64.5 cm³/mol. The maximum absolute atomic E-state index is 11.3. The van der Waals surface area contributed by atoms with E-state index in [0.29, 0.717) is 13.2 Å². The third-order valence-electron chi connectivity index (χ3n) is 2.22. The molecule has 0 heterocycles. The second-order valence-electron chi connectivity index (χ2n) is 3.60. The van der Waals surface area contributed by atoms with Gasteiger partial charge < -0.3 is 15.4 Å². The first kappa shape index (κ1) is 13.3. The van der Waals surface area contributed by atoms with E-state index in [1.54, 1.807) is 6.92 Å². The van der Waals surface area contributed by atoms with E-state index in [4.69, 9.17) is 0 Å². The highest BCUT2D eigenvalue weighted by molar-refractivity contribution is 5.80. The van der Waals surface area contributed by atoms with Crippen molar-refractivity contribution < 1.29 is 14.3 Å². The number of amides is 2. The van der Waals surface area contributed by atoms with Crippen LogP contribution in [0.5, 0.6) is 0 Å². The summed E-state index contributed by atoms with van der Waals surface area (Å²) in [5, 5.41) is 5.10. The fraction of sp³-hybridized carbons (Fsp3) is 0.500. The van der Waals surface area contributed by atoms with Crippen molar-refractivity contribution in [3.8, 4) is 0 Å². The monoisotopic (exact) mass is 238 g/mol. The normalized spacial score (nSPS) is 13.8. The Morgan fingerprint density at radius 2 is 2.18 bits per heavy atom. The van der Waals surface area contributed by atoms with Gasteiger partial charge in [-0.25, -0.2) is 4.79 Å². The molecule has 0 fully saturated rings. The Bertz CT molecular complexity index is 335. The molecule has 0 radical (unpaired) electrons. The first-order valence-electron chi connectivity index (χ1n) is 5.75. The van der Waals surface area contributed by atoms with Gasteiger partial charge in [0.1, 0.15) is 6.54 Å². The number of nitrogens with one attached hydrogen (secondary N) is 2. The molecule has 0 aromatic rings. The smallest absolute Gasteiger partial charge is 0.325 e. The zero-order chi connectivity index (χ0) is 12.5. The van der Waals surface area contributed by atoms with Crippen molar-refractivity contribution in [3.05, 3.63) is 23.8 Å². The minimum absolute atomic E-state index is 0.103. The minimum atomic E-state index is -0.431. The number of rotatable bonds is 5. The van der Waals surface area contributed by atoms with Gasteiger partial charge in [0.2, 0.25) is 0 Å². The maximum Gasteiger partial charge on any atom is 0.325 e. The van der Waals surface area contributed by atoms with E-state index in [0.717, 1.165) is 18.4 Å². The molecule has 0 saturated carbocycles. The Balaban J connectivity index is 2.15. The van der Waals surface area contributed by atoms with Gasteiger partial charge in [0.05, 0.1) is 6.61 Å². The van der Waals surface area contributed by atoms with E-state index in [2.05, 4.69) is 27.5 Å². The summed E-state index contributed by atoms with van der Waals surface area (Å²) < 4.78 is 4.68. The molecule has 2 N–H and O–H groups in total. The third-order valence-corrected chi connectivity index (χ3v) is 2.22. The van der Waals surface area contributed by atoms with Gasteiger partial charge in [-0.1, -0.05) is 18.2 Å². The molecule has 1 aliphatic carbocycles. The summed E-state index contributed by atoms with van der Waals surface area (Å²) in [6.45, 7) is 2.42. The molecule has 0 aromatic carbocycles. The van der Waals surface area contributed by atoms with Crippen LogP contribution >= 0.6 is 0 Å². The van der Waals surface area contributed by atoms with Crippen molar-refractivity contribution in [1.29, 1.82) is 0 Å². The predicted octanol–water partition coefficient (Wildman–Crippen LogP) is 1.13. The summed E-state index contributed by atoms with van der Waals surface area (Å²) in [5.41, 5.74) is 1.09. The molecule has 0 atom stereocenters. The van der Waals surface area contributed by atoms with Crippen LogP contribution < -0.4 is 10.6 Å². The number of hydrogen-bond donors (Lipinski definition) is 2. The van der Waals surface area contributed by atoms with Crippen LogP contribution in [-0.4, -0.2) is 31.7 Å². The highest BCUT2D eigenvalue weighted by Crippen LogP contribution is 2.07. The first-order valence-corrected chi connectivity index (χ1v) is 5.75. The molecule has 5 nitrogen and oxygen atoms in total. The van der Waals surface area contributed by atoms with Crippen LogP contribution in [-0.2, 0) is 9.53 Å². The van der Waals surface area contributed by atoms with Crippen LogP contribution in [0.1, 0.15) is 19.8 Å². The van der Waals surface area contributed by atoms with Gasteiger partial charge >= 0.3 is 12.0 Å². The summed E-state index contributed by atoms with van der Waals surface area (Å²) in [5.74, 6) is -0.431. The van der Waals surface area contributed by atoms with Crippen molar-refractivity contribution in [2.45, 2.75) is 19.8 Å². The van der Waals surface area contributed by atoms with Gasteiger partial charge in [-0.2, -0.15) is 0 Å². The number of hydrogen-bond acceptors (Lipinski definition) is 3. The zero-order valence-corrected chi connectivity index (χ0v) is 9.99.